The van der Waals surface area contributed by atoms with Crippen LogP contribution in [0.4, 0.5) is 5.00 Å². The molecule has 29 heavy (non-hydrogen) atoms. The summed E-state index contributed by atoms with van der Waals surface area (Å²) < 4.78 is 22.2. The van der Waals surface area contributed by atoms with Gasteiger partial charge in [-0.25, -0.2) is 4.79 Å². The number of thiophene rings is 1. The van der Waals surface area contributed by atoms with Gasteiger partial charge in [0.25, 0.3) is 0 Å². The number of quaternary nitrogens is 1. The van der Waals surface area contributed by atoms with Crippen LogP contribution >= 0.6 is 11.3 Å². The van der Waals surface area contributed by atoms with Gasteiger partial charge >= 0.3 is 5.97 Å². The SMILES string of the molecule is COC(=O)c1c(N[C@H]2c3c(cc4c(c3OC)OCO4)CC[NH+]2C)sc2c1CCC2. The molecule has 3 aliphatic rings. The number of fused-ring (bicyclic) bond motifs is 3. The molecular weight excluding hydrogens is 392 g/mol. The van der Waals surface area contributed by atoms with Crippen LogP contribution in [-0.2, 0) is 24.0 Å². The maximum Gasteiger partial charge on any atom is 0.341 e. The molecule has 2 aromatic rings. The fourth-order valence-electron chi connectivity index (χ4n) is 4.68. The number of anilines is 1. The molecule has 0 saturated carbocycles. The second-order valence-corrected chi connectivity index (χ2v) is 8.80. The van der Waals surface area contributed by atoms with Crippen LogP contribution in [-0.4, -0.2) is 40.6 Å². The molecule has 8 heteroatoms. The minimum atomic E-state index is -0.266. The first-order valence-corrected chi connectivity index (χ1v) is 10.7. The Morgan fingerprint density at radius 2 is 2.14 bits per heavy atom. The van der Waals surface area contributed by atoms with Crippen LogP contribution in [0.5, 0.6) is 17.2 Å². The van der Waals surface area contributed by atoms with E-state index in [1.807, 2.05) is 0 Å². The number of benzene rings is 1. The number of likely N-dealkylation sites (N-methyl/N-ethyl adjacent to an activating group) is 1. The number of hydrogen-bond donors (Lipinski definition) is 2. The molecule has 2 aliphatic heterocycles. The van der Waals surface area contributed by atoms with E-state index in [-0.39, 0.29) is 18.9 Å². The van der Waals surface area contributed by atoms with E-state index in [0.29, 0.717) is 11.3 Å². The minimum Gasteiger partial charge on any atom is -0.492 e. The Morgan fingerprint density at radius 1 is 1.28 bits per heavy atom. The van der Waals surface area contributed by atoms with Gasteiger partial charge in [-0.15, -0.1) is 11.3 Å². The summed E-state index contributed by atoms with van der Waals surface area (Å²) >= 11 is 1.68. The van der Waals surface area contributed by atoms with Crippen LogP contribution in [0.25, 0.3) is 0 Å². The Labute approximate surface area is 173 Å². The number of hydrogen-bond acceptors (Lipinski definition) is 7. The fourth-order valence-corrected chi connectivity index (χ4v) is 5.98. The minimum absolute atomic E-state index is 0.0645. The van der Waals surface area contributed by atoms with Gasteiger partial charge < -0.3 is 29.2 Å². The molecule has 0 saturated heterocycles. The van der Waals surface area contributed by atoms with Gasteiger partial charge in [-0.2, -0.15) is 0 Å². The molecule has 1 unspecified atom stereocenters. The maximum atomic E-state index is 12.6. The van der Waals surface area contributed by atoms with Crippen molar-refractivity contribution in [3.8, 4) is 17.2 Å². The third-order valence-electron chi connectivity index (χ3n) is 6.10. The summed E-state index contributed by atoms with van der Waals surface area (Å²) in [4.78, 5) is 15.2. The first-order chi connectivity index (χ1) is 14.1. The summed E-state index contributed by atoms with van der Waals surface area (Å²) in [5.74, 6) is 1.85. The highest BCUT2D eigenvalue weighted by molar-refractivity contribution is 7.16. The smallest absolute Gasteiger partial charge is 0.341 e. The maximum absolute atomic E-state index is 12.6. The second kappa shape index (κ2) is 7.11. The average molecular weight is 418 g/mol. The first-order valence-electron chi connectivity index (χ1n) is 9.93. The number of rotatable bonds is 4. The van der Waals surface area contributed by atoms with E-state index in [4.69, 9.17) is 18.9 Å². The zero-order valence-electron chi connectivity index (χ0n) is 16.8. The first kappa shape index (κ1) is 18.6. The quantitative estimate of drug-likeness (QED) is 0.741. The highest BCUT2D eigenvalue weighted by Crippen LogP contribution is 2.48. The number of aryl methyl sites for hydroxylation is 1. The molecule has 5 rings (SSSR count). The molecule has 1 aromatic carbocycles. The van der Waals surface area contributed by atoms with Gasteiger partial charge in [0, 0.05) is 11.3 Å². The lowest BCUT2D eigenvalue weighted by Crippen LogP contribution is -3.11. The molecular formula is C21H25N2O5S+. The summed E-state index contributed by atoms with van der Waals surface area (Å²) in [6.07, 6.45) is 3.92. The molecule has 0 fully saturated rings. The van der Waals surface area contributed by atoms with Crippen molar-refractivity contribution in [3.63, 3.8) is 0 Å². The van der Waals surface area contributed by atoms with Crippen molar-refractivity contribution in [3.05, 3.63) is 33.2 Å². The third-order valence-corrected chi connectivity index (χ3v) is 7.33. The van der Waals surface area contributed by atoms with Crippen LogP contribution < -0.4 is 24.4 Å². The van der Waals surface area contributed by atoms with Gasteiger partial charge in [0.1, 0.15) is 5.00 Å². The van der Waals surface area contributed by atoms with Crippen molar-refractivity contribution >= 4 is 22.3 Å². The van der Waals surface area contributed by atoms with Crippen molar-refractivity contribution in [2.45, 2.75) is 31.8 Å². The lowest BCUT2D eigenvalue weighted by atomic mass is 9.95. The average Bonchev–Trinajstić information content (AvgIpc) is 3.43. The van der Waals surface area contributed by atoms with E-state index < -0.39 is 0 Å². The molecule has 3 heterocycles. The summed E-state index contributed by atoms with van der Waals surface area (Å²) in [7, 11) is 5.27. The number of carbonyl (C=O) groups excluding carboxylic acids is 1. The summed E-state index contributed by atoms with van der Waals surface area (Å²) in [5, 5.41) is 4.56. The lowest BCUT2D eigenvalue weighted by Gasteiger charge is -2.33. The zero-order chi connectivity index (χ0) is 20.1. The molecule has 7 nitrogen and oxygen atoms in total. The summed E-state index contributed by atoms with van der Waals surface area (Å²) in [5.41, 5.74) is 4.11. The predicted molar refractivity (Wildman–Crippen MR) is 109 cm³/mol. The molecule has 1 aromatic heterocycles. The second-order valence-electron chi connectivity index (χ2n) is 7.69. The summed E-state index contributed by atoms with van der Waals surface area (Å²) in [6, 6.07) is 2.07. The molecule has 1 aliphatic carbocycles. The van der Waals surface area contributed by atoms with E-state index in [0.717, 1.165) is 59.9 Å². The Morgan fingerprint density at radius 3 is 2.93 bits per heavy atom. The van der Waals surface area contributed by atoms with Gasteiger partial charge in [-0.3, -0.25) is 0 Å². The molecule has 0 bridgehead atoms. The van der Waals surface area contributed by atoms with Crippen LogP contribution in [0, 0.1) is 0 Å². The zero-order valence-corrected chi connectivity index (χ0v) is 17.7. The lowest BCUT2D eigenvalue weighted by molar-refractivity contribution is -0.910. The Kier molecular flexibility index (Phi) is 4.55. The molecule has 2 N–H and O–H groups in total. The van der Waals surface area contributed by atoms with Gasteiger partial charge in [0.2, 0.25) is 12.5 Å². The Bertz CT molecular complexity index is 986. The number of carbonyl (C=O) groups is 1. The highest BCUT2D eigenvalue weighted by Gasteiger charge is 2.38. The van der Waals surface area contributed by atoms with Crippen LogP contribution in [0.15, 0.2) is 6.07 Å². The predicted octanol–water partition coefficient (Wildman–Crippen LogP) is 1.94. The standard InChI is InChI=1S/C21H24N2O5S/c1-23-8-7-11-9-13-17(28-10-27-13)18(25-2)15(11)19(23)22-20-16(21(24)26-3)12-5-4-6-14(12)29-20/h9,19,22H,4-8,10H2,1-3H3/p+1/t19-/m1/s1. The molecule has 2 atom stereocenters. The number of ether oxygens (including phenoxy) is 4. The van der Waals surface area contributed by atoms with E-state index in [2.05, 4.69) is 18.4 Å². The van der Waals surface area contributed by atoms with Crippen LogP contribution in [0.2, 0.25) is 0 Å². The van der Waals surface area contributed by atoms with Gasteiger partial charge in [-0.05, 0) is 36.5 Å². The third kappa shape index (κ3) is 2.85. The monoisotopic (exact) mass is 417 g/mol. The van der Waals surface area contributed by atoms with E-state index in [9.17, 15) is 4.79 Å². The number of esters is 1. The van der Waals surface area contributed by atoms with Crippen LogP contribution in [0.1, 0.15) is 44.5 Å². The Balaban J connectivity index is 1.60. The Hall–Kier alpha value is -2.45. The van der Waals surface area contributed by atoms with Gasteiger partial charge in [-0.1, -0.05) is 0 Å². The van der Waals surface area contributed by atoms with Crippen molar-refractivity contribution < 1.29 is 28.6 Å². The number of nitrogens with one attached hydrogen (secondary N) is 2. The van der Waals surface area contributed by atoms with Crippen molar-refractivity contribution in [2.24, 2.45) is 0 Å². The molecule has 0 radical (unpaired) electrons. The van der Waals surface area contributed by atoms with E-state index in [1.165, 1.54) is 22.5 Å². The fraction of sp³-hybridized carbons (Fsp3) is 0.476. The number of methoxy groups -OCH3 is 2. The van der Waals surface area contributed by atoms with Crippen LogP contribution in [0.3, 0.4) is 0 Å². The highest BCUT2D eigenvalue weighted by atomic mass is 32.1. The van der Waals surface area contributed by atoms with Crippen molar-refractivity contribution in [1.82, 2.24) is 0 Å². The molecule has 0 amide bonds. The van der Waals surface area contributed by atoms with Crippen molar-refractivity contribution in [1.29, 1.82) is 0 Å². The van der Waals surface area contributed by atoms with Crippen molar-refractivity contribution in [2.75, 3.05) is 39.9 Å². The topological polar surface area (TPSA) is 70.5 Å². The molecule has 154 valence electrons. The summed E-state index contributed by atoms with van der Waals surface area (Å²) in [6.45, 7) is 1.17. The largest absolute Gasteiger partial charge is 0.492 e. The normalized spacial score (nSPS) is 21.5. The molecule has 0 spiro atoms. The van der Waals surface area contributed by atoms with Gasteiger partial charge in [0.15, 0.2) is 17.7 Å². The van der Waals surface area contributed by atoms with Gasteiger partial charge in [0.05, 0.1) is 38.9 Å². The van der Waals surface area contributed by atoms with E-state index >= 15 is 0 Å². The van der Waals surface area contributed by atoms with E-state index in [1.54, 1.807) is 18.4 Å².